The van der Waals surface area contributed by atoms with E-state index in [0.29, 0.717) is 12.1 Å². The number of rotatable bonds is 5. The maximum absolute atomic E-state index is 13.2. The van der Waals surface area contributed by atoms with Crippen molar-refractivity contribution in [3.05, 3.63) is 40.7 Å². The number of benzene rings is 1. The summed E-state index contributed by atoms with van der Waals surface area (Å²) in [6.07, 6.45) is 1.25. The molecule has 2 N–H and O–H groups in total. The molecule has 2 amide bonds. The Morgan fingerprint density at radius 3 is 2.73 bits per heavy atom. The van der Waals surface area contributed by atoms with Crippen LogP contribution in [0.1, 0.15) is 6.92 Å². The average molecular weight is 306 g/mol. The minimum absolute atomic E-state index is 0.119. The lowest BCUT2D eigenvalue weighted by atomic mass is 10.2. The minimum atomic E-state index is -0.538. The number of aromatic nitrogens is 2. The summed E-state index contributed by atoms with van der Waals surface area (Å²) < 4.78 is 14.3. The molecule has 2 aromatic rings. The molecule has 0 spiro atoms. The fraction of sp³-hybridized carbons (Fsp3) is 0.286. The van der Waals surface area contributed by atoms with Crippen LogP contribution in [0.2, 0.25) is 0 Å². The lowest BCUT2D eigenvalue weighted by Crippen LogP contribution is -2.37. The molecule has 7 nitrogen and oxygen atoms in total. The highest BCUT2D eigenvalue weighted by molar-refractivity contribution is 5.79. The Morgan fingerprint density at radius 2 is 2.00 bits per heavy atom. The van der Waals surface area contributed by atoms with Crippen LogP contribution in [0.3, 0.4) is 0 Å². The van der Waals surface area contributed by atoms with Crippen LogP contribution < -0.4 is 16.2 Å². The van der Waals surface area contributed by atoms with Crippen molar-refractivity contribution in [2.45, 2.75) is 13.5 Å². The molecule has 8 heteroatoms. The molecule has 0 radical (unpaired) electrons. The zero-order valence-electron chi connectivity index (χ0n) is 11.9. The second kappa shape index (κ2) is 6.79. The fourth-order valence-corrected chi connectivity index (χ4v) is 1.89. The van der Waals surface area contributed by atoms with Gasteiger partial charge in [-0.1, -0.05) is 0 Å². The van der Waals surface area contributed by atoms with Crippen LogP contribution >= 0.6 is 0 Å². The van der Waals surface area contributed by atoms with Gasteiger partial charge in [0.15, 0.2) is 0 Å². The van der Waals surface area contributed by atoms with Crippen LogP contribution in [0, 0.1) is 5.82 Å². The standard InChI is InChI=1S/C14H15FN4O3/c1-9(20)16-4-5-17-13(21)7-19-8-18-12-3-2-10(15)6-11(12)14(19)22/h2-3,6,8H,4-5,7H2,1H3,(H,16,20)(H,17,21). The molecule has 1 aromatic heterocycles. The normalized spacial score (nSPS) is 10.5. The van der Waals surface area contributed by atoms with Crippen LogP contribution in [0.25, 0.3) is 10.9 Å². The molecule has 0 fully saturated rings. The van der Waals surface area contributed by atoms with Gasteiger partial charge in [-0.15, -0.1) is 0 Å². The van der Waals surface area contributed by atoms with Crippen LogP contribution in [0.15, 0.2) is 29.3 Å². The Balaban J connectivity index is 2.05. The van der Waals surface area contributed by atoms with Gasteiger partial charge in [0, 0.05) is 20.0 Å². The lowest BCUT2D eigenvalue weighted by Gasteiger charge is -2.08. The van der Waals surface area contributed by atoms with Crippen molar-refractivity contribution in [1.82, 2.24) is 20.2 Å². The van der Waals surface area contributed by atoms with Crippen LogP contribution in [0.5, 0.6) is 0 Å². The highest BCUT2D eigenvalue weighted by atomic mass is 19.1. The smallest absolute Gasteiger partial charge is 0.261 e. The largest absolute Gasteiger partial charge is 0.355 e. The third-order valence-corrected chi connectivity index (χ3v) is 2.92. The second-order valence-electron chi connectivity index (χ2n) is 4.67. The molecule has 0 saturated carbocycles. The number of hydrogen-bond donors (Lipinski definition) is 2. The molecule has 0 aliphatic heterocycles. The van der Waals surface area contributed by atoms with Gasteiger partial charge in [0.2, 0.25) is 11.8 Å². The summed E-state index contributed by atoms with van der Waals surface area (Å²) in [6.45, 7) is 1.71. The zero-order valence-corrected chi connectivity index (χ0v) is 11.9. The van der Waals surface area contributed by atoms with Crippen molar-refractivity contribution in [2.75, 3.05) is 13.1 Å². The van der Waals surface area contributed by atoms with Gasteiger partial charge in [-0.3, -0.25) is 19.0 Å². The van der Waals surface area contributed by atoms with E-state index in [1.165, 1.54) is 25.4 Å². The van der Waals surface area contributed by atoms with E-state index in [0.717, 1.165) is 10.6 Å². The highest BCUT2D eigenvalue weighted by Crippen LogP contribution is 2.08. The molecule has 0 bridgehead atoms. The fourth-order valence-electron chi connectivity index (χ4n) is 1.89. The second-order valence-corrected chi connectivity index (χ2v) is 4.67. The number of hydrogen-bond acceptors (Lipinski definition) is 4. The van der Waals surface area contributed by atoms with E-state index < -0.39 is 17.3 Å². The number of amides is 2. The van der Waals surface area contributed by atoms with Gasteiger partial charge in [0.05, 0.1) is 17.2 Å². The predicted molar refractivity (Wildman–Crippen MR) is 77.7 cm³/mol. The quantitative estimate of drug-likeness (QED) is 0.747. The van der Waals surface area contributed by atoms with Gasteiger partial charge in [-0.05, 0) is 18.2 Å². The SMILES string of the molecule is CC(=O)NCCNC(=O)Cn1cnc2ccc(F)cc2c1=O. The van der Waals surface area contributed by atoms with E-state index >= 15 is 0 Å². The molecule has 0 aliphatic carbocycles. The molecule has 2 rings (SSSR count). The molecular weight excluding hydrogens is 291 g/mol. The van der Waals surface area contributed by atoms with E-state index in [2.05, 4.69) is 15.6 Å². The summed E-state index contributed by atoms with van der Waals surface area (Å²) in [6, 6.07) is 3.72. The molecule has 22 heavy (non-hydrogen) atoms. The molecular formula is C14H15FN4O3. The van der Waals surface area contributed by atoms with Gasteiger partial charge in [0.25, 0.3) is 5.56 Å². The summed E-state index contributed by atoms with van der Waals surface area (Å²) in [4.78, 5) is 38.6. The van der Waals surface area contributed by atoms with Gasteiger partial charge < -0.3 is 10.6 Å². The van der Waals surface area contributed by atoms with Crippen molar-refractivity contribution in [2.24, 2.45) is 0 Å². The summed E-state index contributed by atoms with van der Waals surface area (Å²) >= 11 is 0. The molecule has 0 saturated heterocycles. The number of nitrogens with zero attached hydrogens (tertiary/aromatic N) is 2. The monoisotopic (exact) mass is 306 g/mol. The predicted octanol–water partition coefficient (Wildman–Crippen LogP) is -0.212. The van der Waals surface area contributed by atoms with Crippen LogP contribution in [-0.2, 0) is 16.1 Å². The van der Waals surface area contributed by atoms with E-state index in [1.54, 1.807) is 0 Å². The number of carbonyl (C=O) groups is 2. The average Bonchev–Trinajstić information content (AvgIpc) is 2.47. The molecule has 0 aliphatic rings. The zero-order chi connectivity index (χ0) is 16.1. The van der Waals surface area contributed by atoms with Crippen molar-refractivity contribution in [3.8, 4) is 0 Å². The molecule has 1 aromatic carbocycles. The highest BCUT2D eigenvalue weighted by Gasteiger charge is 2.08. The molecule has 116 valence electrons. The number of halogens is 1. The first-order chi connectivity index (χ1) is 10.5. The maximum atomic E-state index is 13.2. The van der Waals surface area contributed by atoms with Crippen LogP contribution in [-0.4, -0.2) is 34.5 Å². The first-order valence-corrected chi connectivity index (χ1v) is 6.63. The van der Waals surface area contributed by atoms with Crippen molar-refractivity contribution in [3.63, 3.8) is 0 Å². The number of fused-ring (bicyclic) bond motifs is 1. The molecule has 1 heterocycles. The van der Waals surface area contributed by atoms with Crippen LogP contribution in [0.4, 0.5) is 4.39 Å². The first kappa shape index (κ1) is 15.6. The summed E-state index contributed by atoms with van der Waals surface area (Å²) in [7, 11) is 0. The Bertz CT molecular complexity index is 772. The molecule has 0 unspecified atom stereocenters. The Hall–Kier alpha value is -2.77. The maximum Gasteiger partial charge on any atom is 0.261 e. The van der Waals surface area contributed by atoms with Gasteiger partial charge >= 0.3 is 0 Å². The minimum Gasteiger partial charge on any atom is -0.355 e. The van der Waals surface area contributed by atoms with E-state index in [1.807, 2.05) is 0 Å². The van der Waals surface area contributed by atoms with Crippen molar-refractivity contribution in [1.29, 1.82) is 0 Å². The lowest BCUT2D eigenvalue weighted by molar-refractivity contribution is -0.122. The number of nitrogens with one attached hydrogen (secondary N) is 2. The van der Waals surface area contributed by atoms with E-state index in [-0.39, 0.29) is 24.4 Å². The van der Waals surface area contributed by atoms with Crippen molar-refractivity contribution < 1.29 is 14.0 Å². The summed E-state index contributed by atoms with van der Waals surface area (Å²) in [5.41, 5.74) is -0.116. The Morgan fingerprint density at radius 1 is 1.27 bits per heavy atom. The summed E-state index contributed by atoms with van der Waals surface area (Å²) in [5.74, 6) is -1.12. The number of carbonyl (C=O) groups excluding carboxylic acids is 2. The molecule has 0 atom stereocenters. The van der Waals surface area contributed by atoms with Gasteiger partial charge in [-0.25, -0.2) is 9.37 Å². The first-order valence-electron chi connectivity index (χ1n) is 6.63. The third-order valence-electron chi connectivity index (χ3n) is 2.92. The van der Waals surface area contributed by atoms with E-state index in [9.17, 15) is 18.8 Å². The topological polar surface area (TPSA) is 93.1 Å². The third kappa shape index (κ3) is 3.87. The van der Waals surface area contributed by atoms with Gasteiger partial charge in [0.1, 0.15) is 12.4 Å². The van der Waals surface area contributed by atoms with E-state index in [4.69, 9.17) is 0 Å². The van der Waals surface area contributed by atoms with Crippen molar-refractivity contribution >= 4 is 22.7 Å². The Kier molecular flexibility index (Phi) is 4.82. The Labute approximate surface area is 125 Å². The van der Waals surface area contributed by atoms with Gasteiger partial charge in [-0.2, -0.15) is 0 Å². The summed E-state index contributed by atoms with van der Waals surface area (Å²) in [5, 5.41) is 5.21.